The van der Waals surface area contributed by atoms with Gasteiger partial charge in [-0.2, -0.15) is 0 Å². The summed E-state index contributed by atoms with van der Waals surface area (Å²) in [6.45, 7) is 2.83. The number of carbonyl (C=O) groups excluding carboxylic acids is 3. The minimum absolute atomic E-state index is 0.00199. The van der Waals surface area contributed by atoms with Crippen molar-refractivity contribution in [2.45, 2.75) is 143 Å². The van der Waals surface area contributed by atoms with Gasteiger partial charge >= 0.3 is 0 Å². The first-order valence-corrected chi connectivity index (χ1v) is 18.6. The zero-order valence-corrected chi connectivity index (χ0v) is 30.4. The molecule has 4 rings (SSSR count). The SMILES string of the molecule is [CH2]CCCNCC(CCCC(=O)N1C(=O)CCC1=O)CCO[C@H]1O[C@H](CO[C@H]2O[C@H](CO)[C@@H](O)[C@H](O)[C@@H]2O)[C@@H](O)[C@H](O[C@H]2O[C@H](CO)[C@@H](O)[C@H](O)[C@@H]2O)[C@@H]1O. The minimum atomic E-state index is -1.89. The first-order chi connectivity index (χ1) is 26.2. The third-order valence-electron chi connectivity index (χ3n) is 10.2. The van der Waals surface area contributed by atoms with Crippen LogP contribution in [0, 0.1) is 12.8 Å². The van der Waals surface area contributed by atoms with Gasteiger partial charge in [-0.25, -0.2) is 4.90 Å². The lowest BCUT2D eigenvalue weighted by Gasteiger charge is -2.46. The molecule has 16 atom stereocenters. The van der Waals surface area contributed by atoms with Crippen molar-refractivity contribution in [1.29, 1.82) is 0 Å². The molecule has 3 amide bonds. The number of ether oxygens (including phenoxy) is 6. The van der Waals surface area contributed by atoms with E-state index in [0.29, 0.717) is 43.7 Å². The maximum atomic E-state index is 12.6. The first kappa shape index (κ1) is 45.8. The van der Waals surface area contributed by atoms with Crippen molar-refractivity contribution in [2.24, 2.45) is 5.92 Å². The summed E-state index contributed by atoms with van der Waals surface area (Å²) in [5.41, 5.74) is 0. The van der Waals surface area contributed by atoms with Gasteiger partial charge < -0.3 is 84.8 Å². The van der Waals surface area contributed by atoms with Crippen LogP contribution < -0.4 is 5.32 Å². The van der Waals surface area contributed by atoms with Gasteiger partial charge in [0.1, 0.15) is 73.2 Å². The topological polar surface area (TPSA) is 324 Å². The largest absolute Gasteiger partial charge is 0.394 e. The molecule has 0 aromatic heterocycles. The molecule has 0 spiro atoms. The average molecular weight is 798 g/mol. The fourth-order valence-corrected chi connectivity index (χ4v) is 6.83. The molecule has 0 aromatic rings. The van der Waals surface area contributed by atoms with Gasteiger partial charge in [-0.3, -0.25) is 14.4 Å². The standard InChI is InChI=1S/C34H57N2O19/c1-2-3-10-35-12-16(5-4-6-20(39)36-21(40)7-8-22(36)41)9-11-50-33-30(49)31(55-34-29(48)27(46)24(43)18(14-38)53-34)25(44)19(54-33)15-51-32-28(47)26(45)23(42)17(13-37)52-32/h16-19,23-35,37-38,42-49H,1-15H2/t16?,17-,18-,19-,23-,24-,25-,26+,27+,28+,29+,30+,31+,32+,33+,34-/m1/s1. The molecule has 55 heavy (non-hydrogen) atoms. The molecule has 0 aromatic carbocycles. The van der Waals surface area contributed by atoms with Crippen molar-refractivity contribution in [2.75, 3.05) is 39.5 Å². The Hall–Kier alpha value is -1.87. The van der Waals surface area contributed by atoms with E-state index in [0.717, 1.165) is 6.42 Å². The lowest BCUT2D eigenvalue weighted by molar-refractivity contribution is -0.366. The number of nitrogens with one attached hydrogen (secondary N) is 1. The van der Waals surface area contributed by atoms with Gasteiger partial charge in [0, 0.05) is 19.3 Å². The van der Waals surface area contributed by atoms with Gasteiger partial charge in [0.2, 0.25) is 17.7 Å². The molecular weight excluding hydrogens is 740 g/mol. The second-order valence-corrected chi connectivity index (χ2v) is 14.2. The minimum Gasteiger partial charge on any atom is -0.394 e. The van der Waals surface area contributed by atoms with Crippen molar-refractivity contribution >= 4 is 17.7 Å². The summed E-state index contributed by atoms with van der Waals surface area (Å²) in [5.74, 6) is -1.69. The summed E-state index contributed by atoms with van der Waals surface area (Å²) < 4.78 is 33.9. The number of imide groups is 3. The summed E-state index contributed by atoms with van der Waals surface area (Å²) in [5, 5.41) is 107. The number of likely N-dealkylation sites (tertiary alicyclic amines) is 1. The number of hydrogen-bond donors (Lipinski definition) is 11. The van der Waals surface area contributed by atoms with Crippen LogP contribution in [-0.2, 0) is 42.8 Å². The van der Waals surface area contributed by atoms with Gasteiger partial charge in [-0.05, 0) is 44.7 Å². The Morgan fingerprint density at radius 1 is 0.727 bits per heavy atom. The molecule has 21 heteroatoms. The Morgan fingerprint density at radius 2 is 1.29 bits per heavy atom. The van der Waals surface area contributed by atoms with Crippen molar-refractivity contribution in [3.05, 3.63) is 6.92 Å². The van der Waals surface area contributed by atoms with Crippen LogP contribution in [0.15, 0.2) is 0 Å². The Labute approximate surface area is 317 Å². The number of aliphatic hydroxyl groups is 10. The van der Waals surface area contributed by atoms with E-state index in [1.54, 1.807) is 0 Å². The zero-order valence-electron chi connectivity index (χ0n) is 30.4. The average Bonchev–Trinajstić information content (AvgIpc) is 3.51. The van der Waals surface area contributed by atoms with E-state index in [9.17, 15) is 65.4 Å². The third kappa shape index (κ3) is 11.6. The van der Waals surface area contributed by atoms with E-state index < -0.39 is 130 Å². The van der Waals surface area contributed by atoms with Gasteiger partial charge in [-0.1, -0.05) is 13.3 Å². The predicted molar refractivity (Wildman–Crippen MR) is 180 cm³/mol. The zero-order chi connectivity index (χ0) is 40.4. The maximum absolute atomic E-state index is 12.6. The molecule has 0 aliphatic carbocycles. The van der Waals surface area contributed by atoms with E-state index in [4.69, 9.17) is 28.4 Å². The van der Waals surface area contributed by atoms with E-state index >= 15 is 0 Å². The molecule has 4 saturated heterocycles. The predicted octanol–water partition coefficient (Wildman–Crippen LogP) is -5.49. The van der Waals surface area contributed by atoms with E-state index in [1.807, 2.05) is 0 Å². The van der Waals surface area contributed by atoms with Crippen molar-refractivity contribution in [1.82, 2.24) is 10.2 Å². The van der Waals surface area contributed by atoms with Crippen molar-refractivity contribution < 1.29 is 93.9 Å². The molecule has 0 saturated carbocycles. The Kier molecular flexibility index (Phi) is 18.1. The van der Waals surface area contributed by atoms with Gasteiger partial charge in [0.25, 0.3) is 0 Å². The summed E-state index contributed by atoms with van der Waals surface area (Å²) >= 11 is 0. The second kappa shape index (κ2) is 21.8. The summed E-state index contributed by atoms with van der Waals surface area (Å²) in [4.78, 5) is 37.2. The highest BCUT2D eigenvalue weighted by Gasteiger charge is 2.52. The number of rotatable bonds is 20. The number of carbonyl (C=O) groups is 3. The number of hydrogen-bond acceptors (Lipinski definition) is 20. The number of aliphatic hydroxyl groups excluding tert-OH is 10. The smallest absolute Gasteiger partial charge is 0.236 e. The third-order valence-corrected chi connectivity index (χ3v) is 10.2. The highest BCUT2D eigenvalue weighted by atomic mass is 16.7. The normalized spacial score (nSPS) is 39.1. The van der Waals surface area contributed by atoms with Crippen LogP contribution in [-0.4, -0.2) is 205 Å². The van der Waals surface area contributed by atoms with Crippen LogP contribution in [0.4, 0.5) is 0 Å². The van der Waals surface area contributed by atoms with E-state index in [1.165, 1.54) is 0 Å². The lowest BCUT2D eigenvalue weighted by Crippen LogP contribution is -2.65. The fraction of sp³-hybridized carbons (Fsp3) is 0.882. The molecule has 0 bridgehead atoms. The summed E-state index contributed by atoms with van der Waals surface area (Å²) in [6.07, 6.45) is -22.3. The Balaban J connectivity index is 1.44. The molecule has 1 unspecified atom stereocenters. The van der Waals surface area contributed by atoms with Crippen LogP contribution in [0.25, 0.3) is 0 Å². The quantitative estimate of drug-likeness (QED) is 0.0404. The van der Waals surface area contributed by atoms with Crippen LogP contribution in [0.1, 0.15) is 51.4 Å². The number of unbranched alkanes of at least 4 members (excludes halogenated alkanes) is 1. The van der Waals surface area contributed by atoms with E-state index in [2.05, 4.69) is 12.2 Å². The van der Waals surface area contributed by atoms with Gasteiger partial charge in [0.15, 0.2) is 18.9 Å². The van der Waals surface area contributed by atoms with Crippen molar-refractivity contribution in [3.8, 4) is 0 Å². The lowest BCUT2D eigenvalue weighted by atomic mass is 9.96. The van der Waals surface area contributed by atoms with E-state index in [-0.39, 0.29) is 31.8 Å². The molecule has 4 aliphatic heterocycles. The van der Waals surface area contributed by atoms with Crippen LogP contribution >= 0.6 is 0 Å². The monoisotopic (exact) mass is 797 g/mol. The van der Waals surface area contributed by atoms with Gasteiger partial charge in [0.05, 0.1) is 26.4 Å². The Bertz CT molecular complexity index is 1200. The maximum Gasteiger partial charge on any atom is 0.236 e. The molecule has 4 heterocycles. The highest BCUT2D eigenvalue weighted by molar-refractivity contribution is 6.14. The van der Waals surface area contributed by atoms with Gasteiger partial charge in [-0.15, -0.1) is 0 Å². The molecule has 21 nitrogen and oxygen atoms in total. The van der Waals surface area contributed by atoms with Crippen LogP contribution in [0.3, 0.4) is 0 Å². The molecular formula is C34H57N2O19. The Morgan fingerprint density at radius 3 is 1.89 bits per heavy atom. The molecule has 1 radical (unpaired) electrons. The van der Waals surface area contributed by atoms with Crippen LogP contribution in [0.2, 0.25) is 0 Å². The molecule has 11 N–H and O–H groups in total. The van der Waals surface area contributed by atoms with Crippen molar-refractivity contribution in [3.63, 3.8) is 0 Å². The number of nitrogens with zero attached hydrogens (tertiary/aromatic N) is 1. The van der Waals surface area contributed by atoms with Crippen LogP contribution in [0.5, 0.6) is 0 Å². The highest BCUT2D eigenvalue weighted by Crippen LogP contribution is 2.31. The number of amides is 3. The second-order valence-electron chi connectivity index (χ2n) is 14.2. The summed E-state index contributed by atoms with van der Waals surface area (Å²) in [6, 6.07) is 0. The molecule has 317 valence electrons. The molecule has 4 fully saturated rings. The first-order valence-electron chi connectivity index (χ1n) is 18.6. The summed E-state index contributed by atoms with van der Waals surface area (Å²) in [7, 11) is 0. The molecule has 4 aliphatic rings. The fourth-order valence-electron chi connectivity index (χ4n) is 6.83.